The van der Waals surface area contributed by atoms with Crippen molar-refractivity contribution in [2.24, 2.45) is 0 Å². The molecular formula is C12H10ClFN2O3. The third kappa shape index (κ3) is 3.08. The summed E-state index contributed by atoms with van der Waals surface area (Å²) in [6.07, 6.45) is 2.65. The highest BCUT2D eigenvalue weighted by atomic mass is 35.5. The first-order chi connectivity index (χ1) is 9.11. The zero-order valence-corrected chi connectivity index (χ0v) is 10.6. The van der Waals surface area contributed by atoms with Crippen LogP contribution in [0.15, 0.2) is 28.8 Å². The first-order valence-electron chi connectivity index (χ1n) is 5.57. The molecule has 1 heterocycles. The highest BCUT2D eigenvalue weighted by molar-refractivity contribution is 6.17. The Labute approximate surface area is 113 Å². The molecule has 0 saturated carbocycles. The highest BCUT2D eigenvalue weighted by Crippen LogP contribution is 2.31. The number of oxazole rings is 1. The van der Waals surface area contributed by atoms with Crippen LogP contribution in [0.3, 0.4) is 0 Å². The molecule has 19 heavy (non-hydrogen) atoms. The zero-order valence-electron chi connectivity index (χ0n) is 9.81. The minimum atomic E-state index is -0.669. The van der Waals surface area contributed by atoms with Crippen molar-refractivity contribution in [3.8, 4) is 11.3 Å². The zero-order chi connectivity index (χ0) is 13.8. The summed E-state index contributed by atoms with van der Waals surface area (Å²) in [5.41, 5.74) is -0.143. The minimum absolute atomic E-state index is 0.205. The molecule has 0 N–H and O–H groups in total. The smallest absolute Gasteiger partial charge is 0.283 e. The quantitative estimate of drug-likeness (QED) is 0.478. The molecule has 1 aromatic heterocycles. The molecular weight excluding hydrogens is 275 g/mol. The summed E-state index contributed by atoms with van der Waals surface area (Å²) in [6, 6.07) is 3.30. The van der Waals surface area contributed by atoms with Crippen molar-refractivity contribution < 1.29 is 13.7 Å². The summed E-state index contributed by atoms with van der Waals surface area (Å²) in [5.74, 6) is 0.511. The SMILES string of the molecule is O=[N+]([O-])c1cc(F)ccc1-c1cnc(CCCCl)o1. The Balaban J connectivity index is 2.36. The normalized spacial score (nSPS) is 10.6. The molecule has 0 aliphatic rings. The molecule has 0 saturated heterocycles. The number of benzene rings is 1. The lowest BCUT2D eigenvalue weighted by molar-refractivity contribution is -0.384. The van der Waals surface area contributed by atoms with Gasteiger partial charge in [-0.1, -0.05) is 0 Å². The van der Waals surface area contributed by atoms with Crippen molar-refractivity contribution in [2.75, 3.05) is 5.88 Å². The van der Waals surface area contributed by atoms with E-state index in [4.69, 9.17) is 16.0 Å². The second kappa shape index (κ2) is 5.79. The predicted octanol–water partition coefficient (Wildman–Crippen LogP) is 3.56. The van der Waals surface area contributed by atoms with Gasteiger partial charge in [-0.3, -0.25) is 10.1 Å². The number of halogens is 2. The Morgan fingerprint density at radius 2 is 2.26 bits per heavy atom. The topological polar surface area (TPSA) is 69.2 Å². The maximum Gasteiger partial charge on any atom is 0.283 e. The standard InChI is InChI=1S/C12H10ClFN2O3/c13-5-1-2-12-15-7-11(19-12)9-4-3-8(14)6-10(9)16(17)18/h3-4,6-7H,1-2,5H2. The van der Waals surface area contributed by atoms with Crippen LogP contribution in [0.5, 0.6) is 0 Å². The van der Waals surface area contributed by atoms with Gasteiger partial charge in [-0.15, -0.1) is 11.6 Å². The Kier molecular flexibility index (Phi) is 4.11. The molecule has 0 aliphatic heterocycles. The Morgan fingerprint density at radius 3 is 2.95 bits per heavy atom. The van der Waals surface area contributed by atoms with Crippen LogP contribution in [0.1, 0.15) is 12.3 Å². The van der Waals surface area contributed by atoms with Gasteiger partial charge in [0.25, 0.3) is 5.69 Å². The van der Waals surface area contributed by atoms with E-state index in [0.29, 0.717) is 24.6 Å². The van der Waals surface area contributed by atoms with Gasteiger partial charge in [0.05, 0.1) is 22.7 Å². The average molecular weight is 285 g/mol. The Morgan fingerprint density at radius 1 is 1.47 bits per heavy atom. The lowest BCUT2D eigenvalue weighted by Gasteiger charge is -1.99. The molecule has 2 rings (SSSR count). The predicted molar refractivity (Wildman–Crippen MR) is 67.6 cm³/mol. The molecule has 0 bridgehead atoms. The van der Waals surface area contributed by atoms with Crippen LogP contribution in [-0.2, 0) is 6.42 Å². The number of aromatic nitrogens is 1. The number of nitro groups is 1. The lowest BCUT2D eigenvalue weighted by Crippen LogP contribution is -1.92. The average Bonchev–Trinajstić information content (AvgIpc) is 2.84. The molecule has 2 aromatic rings. The van der Waals surface area contributed by atoms with Gasteiger partial charge in [0.15, 0.2) is 11.7 Å². The molecule has 100 valence electrons. The third-order valence-corrected chi connectivity index (χ3v) is 2.77. The van der Waals surface area contributed by atoms with Crippen LogP contribution in [-0.4, -0.2) is 15.8 Å². The van der Waals surface area contributed by atoms with Crippen molar-refractivity contribution in [1.29, 1.82) is 0 Å². The first kappa shape index (κ1) is 13.5. The Bertz CT molecular complexity index is 600. The number of hydrogen-bond donors (Lipinski definition) is 0. The minimum Gasteiger partial charge on any atom is -0.440 e. The van der Waals surface area contributed by atoms with Crippen molar-refractivity contribution >= 4 is 17.3 Å². The maximum atomic E-state index is 13.0. The maximum absolute atomic E-state index is 13.0. The largest absolute Gasteiger partial charge is 0.440 e. The monoisotopic (exact) mass is 284 g/mol. The van der Waals surface area contributed by atoms with E-state index in [9.17, 15) is 14.5 Å². The van der Waals surface area contributed by atoms with E-state index in [1.807, 2.05) is 0 Å². The summed E-state index contributed by atoms with van der Waals surface area (Å²) in [7, 11) is 0. The fraction of sp³-hybridized carbons (Fsp3) is 0.250. The molecule has 5 nitrogen and oxygen atoms in total. The molecule has 7 heteroatoms. The van der Waals surface area contributed by atoms with E-state index in [1.54, 1.807) is 0 Å². The summed E-state index contributed by atoms with van der Waals surface area (Å²) in [5, 5.41) is 10.9. The third-order valence-electron chi connectivity index (χ3n) is 2.50. The number of rotatable bonds is 5. The molecule has 0 fully saturated rings. The molecule has 0 spiro atoms. The Hall–Kier alpha value is -1.95. The number of nitrogens with zero attached hydrogens (tertiary/aromatic N) is 2. The van der Waals surface area contributed by atoms with E-state index in [-0.39, 0.29) is 17.0 Å². The van der Waals surface area contributed by atoms with Gasteiger partial charge in [-0.2, -0.15) is 0 Å². The van der Waals surface area contributed by atoms with E-state index in [1.165, 1.54) is 12.3 Å². The summed E-state index contributed by atoms with van der Waals surface area (Å²) in [4.78, 5) is 14.2. The first-order valence-corrected chi connectivity index (χ1v) is 6.10. The number of hydrogen-bond acceptors (Lipinski definition) is 4. The molecule has 0 amide bonds. The van der Waals surface area contributed by atoms with Crippen LogP contribution >= 0.6 is 11.6 Å². The molecule has 0 aliphatic carbocycles. The number of aryl methyl sites for hydroxylation is 1. The van der Waals surface area contributed by atoms with Crippen LogP contribution in [0.4, 0.5) is 10.1 Å². The highest BCUT2D eigenvalue weighted by Gasteiger charge is 2.19. The summed E-state index contributed by atoms with van der Waals surface area (Å²) >= 11 is 5.56. The molecule has 0 radical (unpaired) electrons. The van der Waals surface area contributed by atoms with E-state index in [0.717, 1.165) is 12.1 Å². The second-order valence-electron chi connectivity index (χ2n) is 3.83. The van der Waals surface area contributed by atoms with Gasteiger partial charge < -0.3 is 4.42 Å². The van der Waals surface area contributed by atoms with Crippen LogP contribution in [0.2, 0.25) is 0 Å². The van der Waals surface area contributed by atoms with Crippen LogP contribution in [0.25, 0.3) is 11.3 Å². The second-order valence-corrected chi connectivity index (χ2v) is 4.21. The molecule has 0 unspecified atom stereocenters. The van der Waals surface area contributed by atoms with E-state index >= 15 is 0 Å². The molecule has 1 aromatic carbocycles. The summed E-state index contributed by atoms with van der Waals surface area (Å²) < 4.78 is 18.4. The van der Waals surface area contributed by atoms with Crippen molar-refractivity contribution in [3.63, 3.8) is 0 Å². The lowest BCUT2D eigenvalue weighted by atomic mass is 10.1. The van der Waals surface area contributed by atoms with Gasteiger partial charge >= 0.3 is 0 Å². The number of nitro benzene ring substituents is 1. The van der Waals surface area contributed by atoms with Gasteiger partial charge in [0.2, 0.25) is 0 Å². The van der Waals surface area contributed by atoms with Crippen molar-refractivity contribution in [2.45, 2.75) is 12.8 Å². The van der Waals surface area contributed by atoms with Gasteiger partial charge in [0, 0.05) is 12.3 Å². The van der Waals surface area contributed by atoms with Crippen molar-refractivity contribution in [1.82, 2.24) is 4.98 Å². The van der Waals surface area contributed by atoms with E-state index < -0.39 is 10.7 Å². The van der Waals surface area contributed by atoms with Gasteiger partial charge in [0.1, 0.15) is 5.82 Å². The molecule has 0 atom stereocenters. The summed E-state index contributed by atoms with van der Waals surface area (Å²) in [6.45, 7) is 0. The fourth-order valence-electron chi connectivity index (χ4n) is 1.63. The van der Waals surface area contributed by atoms with Crippen molar-refractivity contribution in [3.05, 3.63) is 46.2 Å². The van der Waals surface area contributed by atoms with Gasteiger partial charge in [-0.05, 0) is 18.6 Å². The van der Waals surface area contributed by atoms with Crippen LogP contribution < -0.4 is 0 Å². The van der Waals surface area contributed by atoms with Gasteiger partial charge in [-0.25, -0.2) is 9.37 Å². The van der Waals surface area contributed by atoms with E-state index in [2.05, 4.69) is 4.98 Å². The fourth-order valence-corrected chi connectivity index (χ4v) is 1.77. The van der Waals surface area contributed by atoms with Crippen LogP contribution in [0, 0.1) is 15.9 Å². The number of alkyl halides is 1.